The third-order valence-electron chi connectivity index (χ3n) is 2.90. The molecule has 0 amide bonds. The van der Waals surface area contributed by atoms with Crippen LogP contribution in [0.15, 0.2) is 64.6 Å². The van der Waals surface area contributed by atoms with Crippen molar-refractivity contribution in [2.75, 3.05) is 7.11 Å². The molecule has 2 aromatic rings. The van der Waals surface area contributed by atoms with Crippen molar-refractivity contribution in [3.05, 3.63) is 75.8 Å². The normalized spacial score (nSPS) is 11.2. The molecule has 0 N–H and O–H groups in total. The van der Waals surface area contributed by atoms with Crippen LogP contribution in [0.3, 0.4) is 0 Å². The summed E-state index contributed by atoms with van der Waals surface area (Å²) in [7, 11) is 1.41. The van der Waals surface area contributed by atoms with Gasteiger partial charge in [-0.2, -0.15) is 0 Å². The second kappa shape index (κ2) is 7.06. The van der Waals surface area contributed by atoms with Gasteiger partial charge in [-0.1, -0.05) is 58.4 Å². The largest absolute Gasteiger partial charge is 0.466 e. The lowest BCUT2D eigenvalue weighted by Gasteiger charge is -2.06. The van der Waals surface area contributed by atoms with Crippen molar-refractivity contribution in [2.45, 2.75) is 6.42 Å². The van der Waals surface area contributed by atoms with Crippen LogP contribution in [0.25, 0.3) is 6.08 Å². The van der Waals surface area contributed by atoms with Crippen LogP contribution in [0.2, 0.25) is 0 Å². The highest BCUT2D eigenvalue weighted by Gasteiger charge is 2.10. The van der Waals surface area contributed by atoms with E-state index in [9.17, 15) is 4.79 Å². The minimum Gasteiger partial charge on any atom is -0.466 e. The molecule has 0 aliphatic heterocycles. The molecular formula is C17H15BrO2. The Balaban J connectivity index is 2.28. The number of carbonyl (C=O) groups is 1. The first-order valence-electron chi connectivity index (χ1n) is 6.27. The van der Waals surface area contributed by atoms with Crippen LogP contribution in [0.4, 0.5) is 0 Å². The Bertz CT molecular complexity index is 601. The molecular weight excluding hydrogens is 316 g/mol. The fraction of sp³-hybridized carbons (Fsp3) is 0.118. The van der Waals surface area contributed by atoms with Gasteiger partial charge in [0, 0.05) is 16.5 Å². The molecule has 0 heterocycles. The van der Waals surface area contributed by atoms with E-state index < -0.39 is 0 Å². The number of hydrogen-bond donors (Lipinski definition) is 0. The van der Waals surface area contributed by atoms with Gasteiger partial charge in [-0.15, -0.1) is 0 Å². The topological polar surface area (TPSA) is 26.3 Å². The van der Waals surface area contributed by atoms with Crippen LogP contribution >= 0.6 is 15.9 Å². The summed E-state index contributed by atoms with van der Waals surface area (Å²) in [6.45, 7) is 0. The Hall–Kier alpha value is -1.87. The molecule has 0 radical (unpaired) electrons. The molecule has 2 nitrogen and oxygen atoms in total. The summed E-state index contributed by atoms with van der Waals surface area (Å²) in [5.41, 5.74) is 2.70. The highest BCUT2D eigenvalue weighted by atomic mass is 79.9. The maximum atomic E-state index is 11.9. The van der Waals surface area contributed by atoms with Gasteiger partial charge in [-0.05, 0) is 29.3 Å². The van der Waals surface area contributed by atoms with Gasteiger partial charge < -0.3 is 4.74 Å². The van der Waals surface area contributed by atoms with E-state index in [-0.39, 0.29) is 5.97 Å². The lowest BCUT2D eigenvalue weighted by molar-refractivity contribution is -0.136. The molecule has 0 unspecified atom stereocenters. The summed E-state index contributed by atoms with van der Waals surface area (Å²) in [5.74, 6) is -0.295. The van der Waals surface area contributed by atoms with Crippen molar-refractivity contribution >= 4 is 28.0 Å². The summed E-state index contributed by atoms with van der Waals surface area (Å²) in [5, 5.41) is 0. The quantitative estimate of drug-likeness (QED) is 0.618. The zero-order chi connectivity index (χ0) is 14.4. The lowest BCUT2D eigenvalue weighted by Crippen LogP contribution is -2.07. The minimum atomic E-state index is -0.295. The predicted molar refractivity (Wildman–Crippen MR) is 84.3 cm³/mol. The van der Waals surface area contributed by atoms with Crippen molar-refractivity contribution in [1.29, 1.82) is 0 Å². The van der Waals surface area contributed by atoms with Crippen LogP contribution in [-0.4, -0.2) is 13.1 Å². The molecule has 2 aromatic carbocycles. The SMILES string of the molecule is COC(=O)C(=Cc1ccc(Br)cc1)Cc1ccccc1. The summed E-state index contributed by atoms with van der Waals surface area (Å²) < 4.78 is 5.88. The van der Waals surface area contributed by atoms with Crippen molar-refractivity contribution in [2.24, 2.45) is 0 Å². The summed E-state index contributed by atoms with van der Waals surface area (Å²) >= 11 is 3.40. The molecule has 0 aliphatic carbocycles. The van der Waals surface area contributed by atoms with Gasteiger partial charge in [0.1, 0.15) is 0 Å². The first-order chi connectivity index (χ1) is 9.69. The number of hydrogen-bond acceptors (Lipinski definition) is 2. The molecule has 20 heavy (non-hydrogen) atoms. The van der Waals surface area contributed by atoms with Crippen molar-refractivity contribution in [1.82, 2.24) is 0 Å². The monoisotopic (exact) mass is 330 g/mol. The summed E-state index contributed by atoms with van der Waals surface area (Å²) in [6.07, 6.45) is 2.43. The molecule has 0 fully saturated rings. The summed E-state index contributed by atoms with van der Waals surface area (Å²) in [6, 6.07) is 17.7. The third kappa shape index (κ3) is 4.07. The van der Waals surface area contributed by atoms with Crippen LogP contribution in [0, 0.1) is 0 Å². The molecule has 0 aliphatic rings. The zero-order valence-electron chi connectivity index (χ0n) is 11.2. The molecule has 0 saturated heterocycles. The number of methoxy groups -OCH3 is 1. The van der Waals surface area contributed by atoms with Gasteiger partial charge >= 0.3 is 5.97 Å². The van der Waals surface area contributed by atoms with E-state index in [4.69, 9.17) is 4.74 Å². The average Bonchev–Trinajstić information content (AvgIpc) is 2.49. The van der Waals surface area contributed by atoms with Crippen LogP contribution in [0.1, 0.15) is 11.1 Å². The van der Waals surface area contributed by atoms with Gasteiger partial charge in [0.25, 0.3) is 0 Å². The molecule has 0 aromatic heterocycles. The van der Waals surface area contributed by atoms with Gasteiger partial charge in [-0.25, -0.2) is 4.79 Å². The van der Waals surface area contributed by atoms with Crippen LogP contribution in [0.5, 0.6) is 0 Å². The van der Waals surface area contributed by atoms with E-state index in [1.807, 2.05) is 60.7 Å². The minimum absolute atomic E-state index is 0.295. The highest BCUT2D eigenvalue weighted by Crippen LogP contribution is 2.16. The first kappa shape index (κ1) is 14.5. The number of esters is 1. The van der Waals surface area contributed by atoms with Gasteiger partial charge in [0.2, 0.25) is 0 Å². The number of benzene rings is 2. The fourth-order valence-electron chi connectivity index (χ4n) is 1.89. The standard InChI is InChI=1S/C17H15BrO2/c1-20-17(19)15(11-13-5-3-2-4-6-13)12-14-7-9-16(18)10-8-14/h2-10,12H,11H2,1H3. The maximum Gasteiger partial charge on any atom is 0.334 e. The molecule has 3 heteroatoms. The number of halogens is 1. The average molecular weight is 331 g/mol. The molecule has 0 saturated carbocycles. The summed E-state index contributed by atoms with van der Waals surface area (Å²) in [4.78, 5) is 11.9. The van der Waals surface area contributed by atoms with Crippen LogP contribution < -0.4 is 0 Å². The highest BCUT2D eigenvalue weighted by molar-refractivity contribution is 9.10. The van der Waals surface area contributed by atoms with Crippen molar-refractivity contribution < 1.29 is 9.53 Å². The zero-order valence-corrected chi connectivity index (χ0v) is 12.8. The van der Waals surface area contributed by atoms with E-state index in [0.717, 1.165) is 15.6 Å². The Kier molecular flexibility index (Phi) is 5.13. The fourth-order valence-corrected chi connectivity index (χ4v) is 2.15. The Morgan fingerprint density at radius 3 is 2.35 bits per heavy atom. The van der Waals surface area contributed by atoms with Crippen molar-refractivity contribution in [3.63, 3.8) is 0 Å². The Morgan fingerprint density at radius 1 is 1.10 bits per heavy atom. The molecule has 0 bridgehead atoms. The third-order valence-corrected chi connectivity index (χ3v) is 3.42. The van der Waals surface area contributed by atoms with Gasteiger partial charge in [0.05, 0.1) is 7.11 Å². The maximum absolute atomic E-state index is 11.9. The first-order valence-corrected chi connectivity index (χ1v) is 7.06. The van der Waals surface area contributed by atoms with Crippen molar-refractivity contribution in [3.8, 4) is 0 Å². The number of rotatable bonds is 4. The van der Waals surface area contributed by atoms with E-state index >= 15 is 0 Å². The second-order valence-corrected chi connectivity index (χ2v) is 5.29. The van der Waals surface area contributed by atoms with Gasteiger partial charge in [-0.3, -0.25) is 0 Å². The van der Waals surface area contributed by atoms with E-state index in [1.54, 1.807) is 0 Å². The van der Waals surface area contributed by atoms with E-state index in [2.05, 4.69) is 15.9 Å². The second-order valence-electron chi connectivity index (χ2n) is 4.38. The smallest absolute Gasteiger partial charge is 0.334 e. The molecule has 102 valence electrons. The molecule has 2 rings (SSSR count). The predicted octanol–water partition coefficient (Wildman–Crippen LogP) is 4.25. The number of carbonyl (C=O) groups excluding carboxylic acids is 1. The Labute approximate surface area is 127 Å². The molecule has 0 spiro atoms. The van der Waals surface area contributed by atoms with Crippen LogP contribution in [-0.2, 0) is 16.0 Å². The van der Waals surface area contributed by atoms with Gasteiger partial charge in [0.15, 0.2) is 0 Å². The lowest BCUT2D eigenvalue weighted by atomic mass is 10.0. The number of ether oxygens (including phenoxy) is 1. The molecule has 0 atom stereocenters. The van der Waals surface area contributed by atoms with E-state index in [1.165, 1.54) is 7.11 Å². The Morgan fingerprint density at radius 2 is 1.75 bits per heavy atom. The van der Waals surface area contributed by atoms with E-state index in [0.29, 0.717) is 12.0 Å².